The first-order valence-electron chi connectivity index (χ1n) is 6.09. The molecule has 2 rings (SSSR count). The van der Waals surface area contributed by atoms with Crippen molar-refractivity contribution in [3.8, 4) is 0 Å². The van der Waals surface area contributed by atoms with Gasteiger partial charge >= 0.3 is 0 Å². The molecule has 0 aliphatic rings. The van der Waals surface area contributed by atoms with E-state index in [2.05, 4.69) is 26.8 Å². The highest BCUT2D eigenvalue weighted by molar-refractivity contribution is 7.12. The maximum atomic E-state index is 12.6. The second-order valence-electron chi connectivity index (χ2n) is 5.56. The van der Waals surface area contributed by atoms with Gasteiger partial charge in [-0.2, -0.15) is 0 Å². The van der Waals surface area contributed by atoms with Crippen LogP contribution < -0.4 is 0 Å². The van der Waals surface area contributed by atoms with Crippen LogP contribution in [0, 0.1) is 6.92 Å². The van der Waals surface area contributed by atoms with E-state index in [-0.39, 0.29) is 11.2 Å². The number of thiophene rings is 1. The highest BCUT2D eigenvalue weighted by Crippen LogP contribution is 2.29. The SMILES string of the molecule is Cc1ccsc1C(=O)c1ccccc1C(C)(C)C. The Hall–Kier alpha value is -1.41. The second-order valence-corrected chi connectivity index (χ2v) is 6.47. The van der Waals surface area contributed by atoms with Gasteiger partial charge in [-0.3, -0.25) is 4.79 Å². The van der Waals surface area contributed by atoms with Crippen LogP contribution in [0.3, 0.4) is 0 Å². The lowest BCUT2D eigenvalue weighted by molar-refractivity contribution is 0.104. The summed E-state index contributed by atoms with van der Waals surface area (Å²) < 4.78 is 0. The summed E-state index contributed by atoms with van der Waals surface area (Å²) in [5.41, 5.74) is 2.99. The summed E-state index contributed by atoms with van der Waals surface area (Å²) in [6.45, 7) is 8.41. The summed E-state index contributed by atoms with van der Waals surface area (Å²) in [4.78, 5) is 13.5. The molecule has 1 heterocycles. The number of hydrogen-bond acceptors (Lipinski definition) is 2. The van der Waals surface area contributed by atoms with Crippen LogP contribution >= 0.6 is 11.3 Å². The van der Waals surface area contributed by atoms with Gasteiger partial charge in [0.25, 0.3) is 0 Å². The summed E-state index contributed by atoms with van der Waals surface area (Å²) >= 11 is 1.52. The van der Waals surface area contributed by atoms with Gasteiger partial charge in [-0.1, -0.05) is 45.0 Å². The zero-order valence-corrected chi connectivity index (χ0v) is 12.1. The molecule has 0 unspecified atom stereocenters. The molecule has 0 spiro atoms. The van der Waals surface area contributed by atoms with Gasteiger partial charge in [-0.05, 0) is 34.9 Å². The number of rotatable bonds is 2. The minimum atomic E-state index is -0.0165. The van der Waals surface area contributed by atoms with Crippen LogP contribution in [0.15, 0.2) is 35.7 Å². The van der Waals surface area contributed by atoms with E-state index in [0.717, 1.165) is 21.6 Å². The molecule has 18 heavy (non-hydrogen) atoms. The lowest BCUT2D eigenvalue weighted by Crippen LogP contribution is -2.17. The summed E-state index contributed by atoms with van der Waals surface area (Å²) in [5.74, 6) is 0.146. The quantitative estimate of drug-likeness (QED) is 0.720. The predicted octanol–water partition coefficient (Wildman–Crippen LogP) is 4.59. The fourth-order valence-corrected chi connectivity index (χ4v) is 2.94. The highest BCUT2D eigenvalue weighted by Gasteiger charge is 2.23. The third kappa shape index (κ3) is 2.39. The van der Waals surface area contributed by atoms with Crippen molar-refractivity contribution in [3.05, 3.63) is 57.3 Å². The molecule has 0 amide bonds. The third-order valence-corrected chi connectivity index (χ3v) is 4.06. The van der Waals surface area contributed by atoms with Gasteiger partial charge in [0.05, 0.1) is 4.88 Å². The van der Waals surface area contributed by atoms with Gasteiger partial charge < -0.3 is 0 Å². The van der Waals surface area contributed by atoms with Crippen molar-refractivity contribution in [3.63, 3.8) is 0 Å². The highest BCUT2D eigenvalue weighted by atomic mass is 32.1. The predicted molar refractivity (Wildman–Crippen MR) is 77.6 cm³/mol. The molecule has 1 aromatic heterocycles. The van der Waals surface area contributed by atoms with Crippen molar-refractivity contribution in [2.75, 3.05) is 0 Å². The Morgan fingerprint density at radius 1 is 1.11 bits per heavy atom. The van der Waals surface area contributed by atoms with Gasteiger partial charge in [0, 0.05) is 5.56 Å². The van der Waals surface area contributed by atoms with E-state index in [4.69, 9.17) is 0 Å². The minimum Gasteiger partial charge on any atom is -0.288 e. The summed E-state index contributed by atoms with van der Waals surface area (Å²) in [5, 5.41) is 1.97. The number of aryl methyl sites for hydroxylation is 1. The molecule has 2 heteroatoms. The van der Waals surface area contributed by atoms with Gasteiger partial charge in [-0.15, -0.1) is 11.3 Å². The Labute approximate surface area is 112 Å². The van der Waals surface area contributed by atoms with E-state index < -0.39 is 0 Å². The standard InChI is InChI=1S/C16H18OS/c1-11-9-10-18-15(11)14(17)12-7-5-6-8-13(12)16(2,3)4/h5-10H,1-4H3. The van der Waals surface area contributed by atoms with Crippen molar-refractivity contribution in [1.82, 2.24) is 0 Å². The van der Waals surface area contributed by atoms with Gasteiger partial charge in [0.2, 0.25) is 5.78 Å². The number of benzene rings is 1. The first-order chi connectivity index (χ1) is 8.41. The average molecular weight is 258 g/mol. The van der Waals surface area contributed by atoms with Crippen LogP contribution in [0.4, 0.5) is 0 Å². The van der Waals surface area contributed by atoms with Gasteiger partial charge in [0.1, 0.15) is 0 Å². The molecule has 0 radical (unpaired) electrons. The molecule has 2 aromatic rings. The molecule has 0 aliphatic heterocycles. The molecule has 0 bridgehead atoms. The number of hydrogen-bond donors (Lipinski definition) is 0. The number of carbonyl (C=O) groups excluding carboxylic acids is 1. The molecule has 94 valence electrons. The minimum absolute atomic E-state index is 0.0165. The second kappa shape index (κ2) is 4.69. The van der Waals surface area contributed by atoms with Crippen LogP contribution in [0.2, 0.25) is 0 Å². The van der Waals surface area contributed by atoms with Crippen molar-refractivity contribution in [2.24, 2.45) is 0 Å². The van der Waals surface area contributed by atoms with Crippen molar-refractivity contribution >= 4 is 17.1 Å². The van der Waals surface area contributed by atoms with Crippen LogP contribution in [0.1, 0.15) is 47.1 Å². The molecule has 0 fully saturated rings. The number of carbonyl (C=O) groups is 1. The molecule has 0 atom stereocenters. The van der Waals surface area contributed by atoms with Crippen LogP contribution in [0.5, 0.6) is 0 Å². The lowest BCUT2D eigenvalue weighted by Gasteiger charge is -2.22. The Morgan fingerprint density at radius 2 is 1.78 bits per heavy atom. The zero-order chi connectivity index (χ0) is 13.3. The summed E-state index contributed by atoms with van der Waals surface area (Å²) in [6, 6.07) is 9.92. The molecule has 0 N–H and O–H groups in total. The first kappa shape index (κ1) is 13.0. The van der Waals surface area contributed by atoms with Crippen molar-refractivity contribution in [2.45, 2.75) is 33.1 Å². The maximum absolute atomic E-state index is 12.6. The Morgan fingerprint density at radius 3 is 2.33 bits per heavy atom. The molecule has 0 aliphatic carbocycles. The van der Waals surface area contributed by atoms with Crippen LogP contribution in [-0.4, -0.2) is 5.78 Å². The van der Waals surface area contributed by atoms with E-state index in [1.165, 1.54) is 11.3 Å². The number of ketones is 1. The van der Waals surface area contributed by atoms with Crippen molar-refractivity contribution in [1.29, 1.82) is 0 Å². The molecule has 0 saturated carbocycles. The first-order valence-corrected chi connectivity index (χ1v) is 6.97. The van der Waals surface area contributed by atoms with Crippen molar-refractivity contribution < 1.29 is 4.79 Å². The van der Waals surface area contributed by atoms with E-state index in [9.17, 15) is 4.79 Å². The summed E-state index contributed by atoms with van der Waals surface area (Å²) in [7, 11) is 0. The van der Waals surface area contributed by atoms with Crippen LogP contribution in [-0.2, 0) is 5.41 Å². The molecular formula is C16H18OS. The van der Waals surface area contributed by atoms with Crippen LogP contribution in [0.25, 0.3) is 0 Å². The zero-order valence-electron chi connectivity index (χ0n) is 11.3. The van der Waals surface area contributed by atoms with E-state index in [1.54, 1.807) is 0 Å². The fourth-order valence-electron chi connectivity index (χ4n) is 2.06. The van der Waals surface area contributed by atoms with E-state index in [1.807, 2.05) is 36.6 Å². The van der Waals surface area contributed by atoms with Gasteiger partial charge in [0.15, 0.2) is 0 Å². The summed E-state index contributed by atoms with van der Waals surface area (Å²) in [6.07, 6.45) is 0. The Bertz CT molecular complexity index is 573. The fraction of sp³-hybridized carbons (Fsp3) is 0.312. The topological polar surface area (TPSA) is 17.1 Å². The molecule has 1 aromatic carbocycles. The smallest absolute Gasteiger partial charge is 0.203 e. The maximum Gasteiger partial charge on any atom is 0.203 e. The Kier molecular flexibility index (Phi) is 3.40. The Balaban J connectivity index is 2.53. The lowest BCUT2D eigenvalue weighted by atomic mass is 9.82. The molecule has 1 nitrogen and oxygen atoms in total. The molecular weight excluding hydrogens is 240 g/mol. The van der Waals surface area contributed by atoms with E-state index >= 15 is 0 Å². The molecule has 0 saturated heterocycles. The third-order valence-electron chi connectivity index (χ3n) is 3.05. The van der Waals surface area contributed by atoms with Gasteiger partial charge in [-0.25, -0.2) is 0 Å². The monoisotopic (exact) mass is 258 g/mol. The average Bonchev–Trinajstić information content (AvgIpc) is 2.73. The van der Waals surface area contributed by atoms with E-state index in [0.29, 0.717) is 0 Å². The normalized spacial score (nSPS) is 11.6. The largest absolute Gasteiger partial charge is 0.288 e.